The zero-order valence-corrected chi connectivity index (χ0v) is 10.9. The van der Waals surface area contributed by atoms with E-state index in [-0.39, 0.29) is 6.10 Å². The molecule has 0 aliphatic heterocycles. The molecule has 1 heteroatoms. The van der Waals surface area contributed by atoms with Gasteiger partial charge in [-0.2, -0.15) is 0 Å². The number of rotatable bonds is 4. The van der Waals surface area contributed by atoms with Crippen molar-refractivity contribution >= 4 is 0 Å². The van der Waals surface area contributed by atoms with E-state index in [1.807, 2.05) is 7.11 Å². The molecule has 92 valence electrons. The van der Waals surface area contributed by atoms with Crippen LogP contribution in [0.4, 0.5) is 0 Å². The fourth-order valence-corrected chi connectivity index (χ4v) is 2.45. The van der Waals surface area contributed by atoms with Crippen molar-refractivity contribution in [2.45, 2.75) is 45.1 Å². The van der Waals surface area contributed by atoms with Crippen molar-refractivity contribution < 1.29 is 4.74 Å². The lowest BCUT2D eigenvalue weighted by atomic mass is 9.92. The summed E-state index contributed by atoms with van der Waals surface area (Å²) in [6.45, 7) is 2.12. The Balaban J connectivity index is 2.05. The van der Waals surface area contributed by atoms with Crippen molar-refractivity contribution in [3.63, 3.8) is 0 Å². The standard InChI is InChI=1S/C16H22O/c1-13-8-10-15(11-9-13)16(17-2)12-14-6-4-3-5-7-14/h6,8-11,16H,3-5,7,12H2,1-2H3. The Kier molecular flexibility index (Phi) is 4.38. The van der Waals surface area contributed by atoms with Crippen LogP contribution in [0.3, 0.4) is 0 Å². The van der Waals surface area contributed by atoms with Crippen LogP contribution in [0.15, 0.2) is 35.9 Å². The molecule has 0 spiro atoms. The zero-order valence-electron chi connectivity index (χ0n) is 10.9. The number of ether oxygens (including phenoxy) is 1. The number of hydrogen-bond donors (Lipinski definition) is 0. The molecule has 0 N–H and O–H groups in total. The first-order chi connectivity index (χ1) is 8.29. The lowest BCUT2D eigenvalue weighted by Gasteiger charge is -2.20. The monoisotopic (exact) mass is 230 g/mol. The normalized spacial score (nSPS) is 17.6. The van der Waals surface area contributed by atoms with Crippen LogP contribution in [-0.2, 0) is 4.74 Å². The largest absolute Gasteiger partial charge is 0.376 e. The molecule has 0 fully saturated rings. The van der Waals surface area contributed by atoms with Crippen LogP contribution in [0.1, 0.15) is 49.3 Å². The molecule has 1 unspecified atom stereocenters. The van der Waals surface area contributed by atoms with Crippen LogP contribution in [0.25, 0.3) is 0 Å². The first-order valence-corrected chi connectivity index (χ1v) is 6.57. The Hall–Kier alpha value is -1.08. The third-order valence-corrected chi connectivity index (χ3v) is 3.57. The van der Waals surface area contributed by atoms with Crippen molar-refractivity contribution in [2.75, 3.05) is 7.11 Å². The van der Waals surface area contributed by atoms with Crippen LogP contribution < -0.4 is 0 Å². The van der Waals surface area contributed by atoms with Crippen molar-refractivity contribution in [2.24, 2.45) is 0 Å². The number of hydrogen-bond acceptors (Lipinski definition) is 1. The SMILES string of the molecule is COC(CC1=CCCCC1)c1ccc(C)cc1. The van der Waals surface area contributed by atoms with E-state index in [1.54, 1.807) is 5.57 Å². The summed E-state index contributed by atoms with van der Waals surface area (Å²) in [5.41, 5.74) is 4.17. The van der Waals surface area contributed by atoms with Gasteiger partial charge in [0, 0.05) is 7.11 Å². The molecule has 1 aliphatic carbocycles. The average molecular weight is 230 g/mol. The lowest BCUT2D eigenvalue weighted by molar-refractivity contribution is 0.102. The van der Waals surface area contributed by atoms with Gasteiger partial charge in [-0.15, -0.1) is 0 Å². The van der Waals surface area contributed by atoms with Crippen molar-refractivity contribution in [1.29, 1.82) is 0 Å². The summed E-state index contributed by atoms with van der Waals surface area (Å²) in [5.74, 6) is 0. The molecule has 1 aliphatic rings. The van der Waals surface area contributed by atoms with E-state index in [1.165, 1.54) is 36.8 Å². The molecule has 1 aromatic carbocycles. The van der Waals surface area contributed by atoms with E-state index in [4.69, 9.17) is 4.74 Å². The second kappa shape index (κ2) is 6.02. The lowest BCUT2D eigenvalue weighted by Crippen LogP contribution is -2.04. The molecule has 0 aromatic heterocycles. The summed E-state index contributed by atoms with van der Waals surface area (Å²) in [4.78, 5) is 0. The first kappa shape index (κ1) is 12.4. The Morgan fingerprint density at radius 2 is 1.94 bits per heavy atom. The molecule has 0 saturated heterocycles. The van der Waals surface area contributed by atoms with Crippen LogP contribution in [-0.4, -0.2) is 7.11 Å². The van der Waals surface area contributed by atoms with Gasteiger partial charge >= 0.3 is 0 Å². The van der Waals surface area contributed by atoms with Gasteiger partial charge in [-0.1, -0.05) is 41.5 Å². The maximum absolute atomic E-state index is 5.64. The van der Waals surface area contributed by atoms with Gasteiger partial charge in [-0.05, 0) is 44.6 Å². The number of aryl methyl sites for hydroxylation is 1. The van der Waals surface area contributed by atoms with Gasteiger partial charge in [-0.3, -0.25) is 0 Å². The third kappa shape index (κ3) is 3.44. The third-order valence-electron chi connectivity index (χ3n) is 3.57. The Morgan fingerprint density at radius 3 is 2.53 bits per heavy atom. The van der Waals surface area contributed by atoms with E-state index in [2.05, 4.69) is 37.3 Å². The minimum Gasteiger partial charge on any atom is -0.376 e. The quantitative estimate of drug-likeness (QED) is 0.688. The first-order valence-electron chi connectivity index (χ1n) is 6.57. The van der Waals surface area contributed by atoms with Gasteiger partial charge in [0.05, 0.1) is 6.10 Å². The predicted octanol–water partition coefficient (Wildman–Crippen LogP) is 4.57. The van der Waals surface area contributed by atoms with Gasteiger partial charge in [-0.25, -0.2) is 0 Å². The molecule has 0 heterocycles. The molecular formula is C16H22O. The second-order valence-electron chi connectivity index (χ2n) is 4.95. The van der Waals surface area contributed by atoms with Gasteiger partial charge in [0.1, 0.15) is 0 Å². The minimum absolute atomic E-state index is 0.222. The van der Waals surface area contributed by atoms with Crippen LogP contribution in [0.5, 0.6) is 0 Å². The summed E-state index contributed by atoms with van der Waals surface area (Å²) >= 11 is 0. The summed E-state index contributed by atoms with van der Waals surface area (Å²) in [6, 6.07) is 8.70. The highest BCUT2D eigenvalue weighted by molar-refractivity contribution is 5.24. The smallest absolute Gasteiger partial charge is 0.0858 e. The Morgan fingerprint density at radius 1 is 1.18 bits per heavy atom. The van der Waals surface area contributed by atoms with Crippen LogP contribution >= 0.6 is 0 Å². The molecule has 17 heavy (non-hydrogen) atoms. The van der Waals surface area contributed by atoms with Gasteiger partial charge in [0.15, 0.2) is 0 Å². The number of methoxy groups -OCH3 is 1. The summed E-state index contributed by atoms with van der Waals surface area (Å²) in [6.07, 6.45) is 8.89. The minimum atomic E-state index is 0.222. The highest BCUT2D eigenvalue weighted by Crippen LogP contribution is 2.29. The molecule has 1 nitrogen and oxygen atoms in total. The molecule has 1 atom stereocenters. The maximum atomic E-state index is 5.64. The van der Waals surface area contributed by atoms with Crippen molar-refractivity contribution in [1.82, 2.24) is 0 Å². The number of benzene rings is 1. The van der Waals surface area contributed by atoms with Gasteiger partial charge < -0.3 is 4.74 Å². The Bertz CT molecular complexity index is 375. The fraction of sp³-hybridized carbons (Fsp3) is 0.500. The zero-order chi connectivity index (χ0) is 12.1. The maximum Gasteiger partial charge on any atom is 0.0858 e. The topological polar surface area (TPSA) is 9.23 Å². The van der Waals surface area contributed by atoms with E-state index < -0.39 is 0 Å². The average Bonchev–Trinajstić information content (AvgIpc) is 2.38. The van der Waals surface area contributed by atoms with Crippen molar-refractivity contribution in [3.05, 3.63) is 47.0 Å². The molecule has 0 saturated carbocycles. The van der Waals surface area contributed by atoms with Crippen LogP contribution in [0, 0.1) is 6.92 Å². The molecule has 0 radical (unpaired) electrons. The van der Waals surface area contributed by atoms with E-state index >= 15 is 0 Å². The summed E-state index contributed by atoms with van der Waals surface area (Å²) < 4.78 is 5.64. The number of allylic oxidation sites excluding steroid dienone is 1. The summed E-state index contributed by atoms with van der Waals surface area (Å²) in [7, 11) is 1.81. The van der Waals surface area contributed by atoms with Gasteiger partial charge in [0.25, 0.3) is 0 Å². The fourth-order valence-electron chi connectivity index (χ4n) is 2.45. The molecule has 1 aromatic rings. The van der Waals surface area contributed by atoms with E-state index in [9.17, 15) is 0 Å². The van der Waals surface area contributed by atoms with Crippen LogP contribution in [0.2, 0.25) is 0 Å². The highest BCUT2D eigenvalue weighted by Gasteiger charge is 2.14. The van der Waals surface area contributed by atoms with E-state index in [0.29, 0.717) is 0 Å². The van der Waals surface area contributed by atoms with Gasteiger partial charge in [0.2, 0.25) is 0 Å². The Labute approximate surface area is 104 Å². The predicted molar refractivity (Wildman–Crippen MR) is 72.1 cm³/mol. The molecule has 2 rings (SSSR count). The molecule has 0 amide bonds. The highest BCUT2D eigenvalue weighted by atomic mass is 16.5. The molecular weight excluding hydrogens is 208 g/mol. The molecule has 0 bridgehead atoms. The summed E-state index contributed by atoms with van der Waals surface area (Å²) in [5, 5.41) is 0. The van der Waals surface area contributed by atoms with E-state index in [0.717, 1.165) is 6.42 Å². The second-order valence-corrected chi connectivity index (χ2v) is 4.95. The van der Waals surface area contributed by atoms with Crippen molar-refractivity contribution in [3.8, 4) is 0 Å².